The Balaban J connectivity index is 1.36. The molecule has 2 N–H and O–H groups in total. The molecule has 1 saturated heterocycles. The monoisotopic (exact) mass is 422 g/mol. The smallest absolute Gasteiger partial charge is 0.251 e. The van der Waals surface area contributed by atoms with Crippen LogP contribution in [0.5, 0.6) is 0 Å². The highest BCUT2D eigenvalue weighted by atomic mass is 19.1. The van der Waals surface area contributed by atoms with E-state index in [1.165, 1.54) is 12.1 Å². The average molecular weight is 423 g/mol. The van der Waals surface area contributed by atoms with Crippen LogP contribution in [0.15, 0.2) is 54.6 Å². The molecular formula is C25H27FN2O3. The fraction of sp³-hybridized carbons (Fsp3) is 0.360. The number of halogens is 1. The molecule has 4 rings (SSSR count). The number of rotatable bonds is 7. The Labute approximate surface area is 181 Å². The van der Waals surface area contributed by atoms with Crippen molar-refractivity contribution in [1.29, 1.82) is 0 Å². The Morgan fingerprint density at radius 3 is 2.52 bits per heavy atom. The van der Waals surface area contributed by atoms with E-state index in [0.717, 1.165) is 36.8 Å². The molecule has 2 aliphatic rings. The number of amides is 2. The van der Waals surface area contributed by atoms with Gasteiger partial charge >= 0.3 is 0 Å². The van der Waals surface area contributed by atoms with Gasteiger partial charge in [-0.1, -0.05) is 24.3 Å². The molecule has 6 heteroatoms. The van der Waals surface area contributed by atoms with E-state index in [1.54, 1.807) is 30.3 Å². The molecule has 1 aliphatic heterocycles. The van der Waals surface area contributed by atoms with Crippen LogP contribution in [0.1, 0.15) is 47.2 Å². The maximum Gasteiger partial charge on any atom is 0.251 e. The van der Waals surface area contributed by atoms with Crippen molar-refractivity contribution < 1.29 is 18.7 Å². The zero-order valence-electron chi connectivity index (χ0n) is 17.4. The van der Waals surface area contributed by atoms with Gasteiger partial charge in [-0.2, -0.15) is 0 Å². The third-order valence-electron chi connectivity index (χ3n) is 6.00. The van der Waals surface area contributed by atoms with Crippen molar-refractivity contribution in [2.75, 3.05) is 19.8 Å². The van der Waals surface area contributed by atoms with Gasteiger partial charge in [-0.15, -0.1) is 0 Å². The van der Waals surface area contributed by atoms with Crippen molar-refractivity contribution in [1.82, 2.24) is 10.6 Å². The summed E-state index contributed by atoms with van der Waals surface area (Å²) in [5, 5.41) is 5.93. The highest BCUT2D eigenvalue weighted by Gasteiger charge is 2.35. The Morgan fingerprint density at radius 2 is 1.84 bits per heavy atom. The molecule has 2 fully saturated rings. The second kappa shape index (κ2) is 9.43. The van der Waals surface area contributed by atoms with Gasteiger partial charge in [-0.05, 0) is 67.2 Å². The minimum atomic E-state index is -0.333. The lowest BCUT2D eigenvalue weighted by Crippen LogP contribution is -2.44. The van der Waals surface area contributed by atoms with E-state index < -0.39 is 0 Å². The van der Waals surface area contributed by atoms with Crippen LogP contribution in [-0.2, 0) is 14.9 Å². The molecule has 1 saturated carbocycles. The van der Waals surface area contributed by atoms with E-state index in [9.17, 15) is 14.0 Å². The predicted octanol–water partition coefficient (Wildman–Crippen LogP) is 3.60. The van der Waals surface area contributed by atoms with Gasteiger partial charge in [0.1, 0.15) is 5.82 Å². The molecule has 0 radical (unpaired) electrons. The van der Waals surface area contributed by atoms with Gasteiger partial charge < -0.3 is 15.4 Å². The fourth-order valence-electron chi connectivity index (χ4n) is 3.88. The molecule has 0 unspecified atom stereocenters. The van der Waals surface area contributed by atoms with Crippen molar-refractivity contribution in [3.05, 3.63) is 77.1 Å². The molecule has 162 valence electrons. The van der Waals surface area contributed by atoms with E-state index >= 15 is 0 Å². The van der Waals surface area contributed by atoms with Crippen LogP contribution < -0.4 is 10.6 Å². The molecule has 31 heavy (non-hydrogen) atoms. The summed E-state index contributed by atoms with van der Waals surface area (Å²) in [5.41, 5.74) is 2.01. The first-order valence-electron chi connectivity index (χ1n) is 10.7. The van der Waals surface area contributed by atoms with Gasteiger partial charge in [0.05, 0.1) is 0 Å². The van der Waals surface area contributed by atoms with E-state index in [-0.39, 0.29) is 23.0 Å². The topological polar surface area (TPSA) is 67.4 Å². The number of hydrogen-bond acceptors (Lipinski definition) is 3. The zero-order valence-corrected chi connectivity index (χ0v) is 17.4. The van der Waals surface area contributed by atoms with Crippen molar-refractivity contribution >= 4 is 17.9 Å². The molecule has 0 bridgehead atoms. The van der Waals surface area contributed by atoms with Crippen molar-refractivity contribution in [2.45, 2.75) is 37.1 Å². The van der Waals surface area contributed by atoms with E-state index in [0.29, 0.717) is 31.4 Å². The maximum absolute atomic E-state index is 13.8. The summed E-state index contributed by atoms with van der Waals surface area (Å²) in [6.07, 6.45) is 6.76. The minimum Gasteiger partial charge on any atom is -0.381 e. The van der Waals surface area contributed by atoms with E-state index in [4.69, 9.17) is 4.74 Å². The van der Waals surface area contributed by atoms with Crippen LogP contribution in [0.3, 0.4) is 0 Å². The lowest BCUT2D eigenvalue weighted by molar-refractivity contribution is -0.116. The van der Waals surface area contributed by atoms with Crippen LogP contribution in [0.4, 0.5) is 4.39 Å². The third kappa shape index (κ3) is 5.58. The van der Waals surface area contributed by atoms with Crippen LogP contribution >= 0.6 is 0 Å². The summed E-state index contributed by atoms with van der Waals surface area (Å²) in [4.78, 5) is 24.5. The number of ether oxygens (including phenoxy) is 1. The average Bonchev–Trinajstić information content (AvgIpc) is 3.61. The molecule has 1 heterocycles. The molecule has 2 aromatic rings. The summed E-state index contributed by atoms with van der Waals surface area (Å²) >= 11 is 0. The summed E-state index contributed by atoms with van der Waals surface area (Å²) in [7, 11) is 0. The molecule has 0 atom stereocenters. The lowest BCUT2D eigenvalue weighted by atomic mass is 9.74. The van der Waals surface area contributed by atoms with Crippen molar-refractivity contribution in [2.24, 2.45) is 0 Å². The Morgan fingerprint density at radius 1 is 1.10 bits per heavy atom. The van der Waals surface area contributed by atoms with Crippen LogP contribution in [0, 0.1) is 5.82 Å². The second-order valence-electron chi connectivity index (χ2n) is 8.32. The first-order valence-corrected chi connectivity index (χ1v) is 10.7. The Bertz CT molecular complexity index is 961. The highest BCUT2D eigenvalue weighted by molar-refractivity contribution is 5.95. The molecule has 1 aliphatic carbocycles. The van der Waals surface area contributed by atoms with Crippen molar-refractivity contribution in [3.63, 3.8) is 0 Å². The van der Waals surface area contributed by atoms with Crippen LogP contribution in [0.25, 0.3) is 6.08 Å². The quantitative estimate of drug-likeness (QED) is 0.670. The number of nitrogens with one attached hydrogen (secondary N) is 2. The van der Waals surface area contributed by atoms with E-state index in [1.807, 2.05) is 18.2 Å². The van der Waals surface area contributed by atoms with Gasteiger partial charge in [0, 0.05) is 42.9 Å². The third-order valence-corrected chi connectivity index (χ3v) is 6.00. The first-order chi connectivity index (χ1) is 15.0. The van der Waals surface area contributed by atoms with Crippen LogP contribution in [0.2, 0.25) is 0 Å². The fourth-order valence-corrected chi connectivity index (χ4v) is 3.88. The van der Waals surface area contributed by atoms with Gasteiger partial charge in [-0.3, -0.25) is 9.59 Å². The summed E-state index contributed by atoms with van der Waals surface area (Å²) in [6.45, 7) is 1.59. The van der Waals surface area contributed by atoms with Crippen molar-refractivity contribution in [3.8, 4) is 0 Å². The predicted molar refractivity (Wildman–Crippen MR) is 117 cm³/mol. The molecule has 2 aromatic carbocycles. The van der Waals surface area contributed by atoms with Gasteiger partial charge in [0.15, 0.2) is 0 Å². The van der Waals surface area contributed by atoms with Crippen LogP contribution in [-0.4, -0.2) is 37.6 Å². The Kier molecular flexibility index (Phi) is 6.47. The van der Waals surface area contributed by atoms with Gasteiger partial charge in [0.25, 0.3) is 5.91 Å². The number of carbonyl (C=O) groups is 2. The summed E-state index contributed by atoms with van der Waals surface area (Å²) < 4.78 is 19.3. The highest BCUT2D eigenvalue weighted by Crippen LogP contribution is 2.34. The normalized spacial score (nSPS) is 18.0. The molecule has 0 aromatic heterocycles. The molecule has 2 amide bonds. The first kappa shape index (κ1) is 21.2. The number of benzene rings is 2. The zero-order chi connectivity index (χ0) is 21.7. The number of carbonyl (C=O) groups excluding carboxylic acids is 2. The standard InChI is InChI=1S/C25H27FN2O3/c26-21-3-1-2-20(16-21)25(12-14-31-15-13-25)17-27-23(29)11-6-18-4-7-19(8-5-18)24(30)28-22-9-10-22/h1-8,11,16,22H,9-10,12-15,17H2,(H,27,29)(H,28,30). The van der Waals surface area contributed by atoms with Gasteiger partial charge in [-0.25, -0.2) is 4.39 Å². The second-order valence-corrected chi connectivity index (χ2v) is 8.32. The van der Waals surface area contributed by atoms with Gasteiger partial charge in [0.2, 0.25) is 5.91 Å². The molecular weight excluding hydrogens is 395 g/mol. The minimum absolute atomic E-state index is 0.0603. The molecule has 5 nitrogen and oxygen atoms in total. The summed E-state index contributed by atoms with van der Waals surface area (Å²) in [5.74, 6) is -0.545. The summed E-state index contributed by atoms with van der Waals surface area (Å²) in [6, 6.07) is 14.1. The Hall–Kier alpha value is -2.99. The number of hydrogen-bond donors (Lipinski definition) is 2. The van der Waals surface area contributed by atoms with E-state index in [2.05, 4.69) is 10.6 Å². The lowest BCUT2D eigenvalue weighted by Gasteiger charge is -2.37. The SMILES string of the molecule is O=C(C=Cc1ccc(C(=O)NC2CC2)cc1)NCC1(c2cccc(F)c2)CCOCC1. The maximum atomic E-state index is 13.8. The molecule has 0 spiro atoms. The largest absolute Gasteiger partial charge is 0.381 e.